The topological polar surface area (TPSA) is 76.0 Å². The number of nitrogens with zero attached hydrogens (tertiary/aromatic N) is 2. The molecule has 2 amide bonds. The van der Waals surface area contributed by atoms with Gasteiger partial charge < -0.3 is 10.6 Å². The van der Waals surface area contributed by atoms with E-state index in [9.17, 15) is 9.59 Å². The molecular weight excluding hydrogens is 316 g/mol. The zero-order valence-electron chi connectivity index (χ0n) is 12.5. The van der Waals surface area contributed by atoms with E-state index in [1.54, 1.807) is 30.3 Å². The van der Waals surface area contributed by atoms with Crippen molar-refractivity contribution < 1.29 is 4.79 Å². The number of benzene rings is 1. The quantitative estimate of drug-likeness (QED) is 0.901. The molecule has 1 aromatic heterocycles. The molecule has 0 bridgehead atoms. The zero-order chi connectivity index (χ0) is 16.2. The molecule has 2 N–H and O–H groups in total. The summed E-state index contributed by atoms with van der Waals surface area (Å²) >= 11 is 5.86. The Labute approximate surface area is 138 Å². The minimum Gasteiger partial charge on any atom is -0.336 e. The van der Waals surface area contributed by atoms with E-state index in [2.05, 4.69) is 15.7 Å². The average molecular weight is 333 g/mol. The largest absolute Gasteiger partial charge is 0.336 e. The SMILES string of the molecule is O=C(NCCn1nc2c(cc1=O)CCC2)Nc1cccc(Cl)c1. The maximum atomic E-state index is 11.9. The van der Waals surface area contributed by atoms with Crippen molar-refractivity contribution in [1.82, 2.24) is 15.1 Å². The third-order valence-electron chi connectivity index (χ3n) is 3.72. The molecular formula is C16H17ClN4O2. The lowest BCUT2D eigenvalue weighted by molar-refractivity contribution is 0.251. The number of carbonyl (C=O) groups excluding carboxylic acids is 1. The Bertz CT molecular complexity index is 788. The van der Waals surface area contributed by atoms with Crippen LogP contribution in [-0.2, 0) is 19.4 Å². The van der Waals surface area contributed by atoms with E-state index in [-0.39, 0.29) is 11.6 Å². The summed E-state index contributed by atoms with van der Waals surface area (Å²) in [6.45, 7) is 0.660. The summed E-state index contributed by atoms with van der Waals surface area (Å²) in [7, 11) is 0. The van der Waals surface area contributed by atoms with Crippen LogP contribution in [-0.4, -0.2) is 22.4 Å². The number of hydrogen-bond donors (Lipinski definition) is 2. The number of rotatable bonds is 4. The highest BCUT2D eigenvalue weighted by Gasteiger charge is 2.14. The summed E-state index contributed by atoms with van der Waals surface area (Å²) < 4.78 is 1.41. The first-order chi connectivity index (χ1) is 11.1. The van der Waals surface area contributed by atoms with Gasteiger partial charge in [0.25, 0.3) is 5.56 Å². The van der Waals surface area contributed by atoms with Crippen LogP contribution >= 0.6 is 11.6 Å². The summed E-state index contributed by atoms with van der Waals surface area (Å²) in [6.07, 6.45) is 2.89. The van der Waals surface area contributed by atoms with Crippen molar-refractivity contribution in [3.8, 4) is 0 Å². The number of halogens is 1. The first-order valence-electron chi connectivity index (χ1n) is 7.52. The molecule has 0 aliphatic heterocycles. The van der Waals surface area contributed by atoms with Crippen LogP contribution < -0.4 is 16.2 Å². The van der Waals surface area contributed by atoms with Crippen molar-refractivity contribution >= 4 is 23.3 Å². The number of amides is 2. The van der Waals surface area contributed by atoms with E-state index in [0.29, 0.717) is 23.8 Å². The smallest absolute Gasteiger partial charge is 0.319 e. The van der Waals surface area contributed by atoms with Crippen LogP contribution in [0.2, 0.25) is 5.02 Å². The second-order valence-corrected chi connectivity index (χ2v) is 5.86. The van der Waals surface area contributed by atoms with Crippen LogP contribution in [0.15, 0.2) is 35.1 Å². The minimum absolute atomic E-state index is 0.123. The second-order valence-electron chi connectivity index (χ2n) is 5.42. The Morgan fingerprint density at radius 2 is 2.17 bits per heavy atom. The Hall–Kier alpha value is -2.34. The van der Waals surface area contributed by atoms with Crippen LogP contribution in [0, 0.1) is 0 Å². The molecule has 23 heavy (non-hydrogen) atoms. The zero-order valence-corrected chi connectivity index (χ0v) is 13.3. The van der Waals surface area contributed by atoms with Gasteiger partial charge >= 0.3 is 6.03 Å². The summed E-state index contributed by atoms with van der Waals surface area (Å²) in [5.74, 6) is 0. The van der Waals surface area contributed by atoms with Gasteiger partial charge in [0.2, 0.25) is 0 Å². The van der Waals surface area contributed by atoms with E-state index in [0.717, 1.165) is 30.5 Å². The van der Waals surface area contributed by atoms with Crippen LogP contribution in [0.1, 0.15) is 17.7 Å². The molecule has 0 saturated heterocycles. The molecule has 0 fully saturated rings. The number of hydrogen-bond acceptors (Lipinski definition) is 3. The summed E-state index contributed by atoms with van der Waals surface area (Å²) in [4.78, 5) is 23.8. The maximum absolute atomic E-state index is 11.9. The minimum atomic E-state index is -0.346. The van der Waals surface area contributed by atoms with Crippen molar-refractivity contribution in [3.05, 3.63) is 57.0 Å². The van der Waals surface area contributed by atoms with Crippen LogP contribution in [0.4, 0.5) is 10.5 Å². The fraction of sp³-hybridized carbons (Fsp3) is 0.312. The molecule has 7 heteroatoms. The molecule has 0 unspecified atom stereocenters. The predicted octanol–water partition coefficient (Wildman–Crippen LogP) is 2.21. The normalized spacial score (nSPS) is 12.7. The molecule has 1 aliphatic carbocycles. The summed E-state index contributed by atoms with van der Waals surface area (Å²) in [6, 6.07) is 8.21. The van der Waals surface area contributed by atoms with Crippen LogP contribution in [0.3, 0.4) is 0 Å². The Morgan fingerprint density at radius 1 is 1.30 bits per heavy atom. The van der Waals surface area contributed by atoms with Gasteiger partial charge in [-0.2, -0.15) is 5.10 Å². The monoisotopic (exact) mass is 332 g/mol. The van der Waals surface area contributed by atoms with E-state index in [4.69, 9.17) is 11.6 Å². The fourth-order valence-electron chi connectivity index (χ4n) is 2.62. The van der Waals surface area contributed by atoms with Crippen molar-refractivity contribution in [2.24, 2.45) is 0 Å². The Kier molecular flexibility index (Phi) is 4.62. The maximum Gasteiger partial charge on any atom is 0.319 e. The van der Waals surface area contributed by atoms with E-state index in [1.807, 2.05) is 0 Å². The lowest BCUT2D eigenvalue weighted by Crippen LogP contribution is -2.34. The molecule has 1 aromatic carbocycles. The molecule has 6 nitrogen and oxygen atoms in total. The highest BCUT2D eigenvalue weighted by Crippen LogP contribution is 2.17. The lowest BCUT2D eigenvalue weighted by Gasteiger charge is -2.09. The van der Waals surface area contributed by atoms with Gasteiger partial charge in [-0.3, -0.25) is 4.79 Å². The summed E-state index contributed by atoms with van der Waals surface area (Å²) in [5, 5.41) is 10.3. The average Bonchev–Trinajstić information content (AvgIpc) is 2.94. The number of aromatic nitrogens is 2. The van der Waals surface area contributed by atoms with Gasteiger partial charge in [0.1, 0.15) is 0 Å². The van der Waals surface area contributed by atoms with Crippen LogP contribution in [0.25, 0.3) is 0 Å². The van der Waals surface area contributed by atoms with Gasteiger partial charge in [-0.05, 0) is 43.0 Å². The Morgan fingerprint density at radius 3 is 3.00 bits per heavy atom. The molecule has 0 radical (unpaired) electrons. The number of anilines is 1. The number of urea groups is 1. The Balaban J connectivity index is 1.53. The van der Waals surface area contributed by atoms with E-state index in [1.165, 1.54) is 4.68 Å². The highest BCUT2D eigenvalue weighted by molar-refractivity contribution is 6.30. The third-order valence-corrected chi connectivity index (χ3v) is 3.95. The van der Waals surface area contributed by atoms with E-state index >= 15 is 0 Å². The molecule has 2 aromatic rings. The lowest BCUT2D eigenvalue weighted by atomic mass is 10.2. The second kappa shape index (κ2) is 6.83. The molecule has 0 atom stereocenters. The number of aryl methyl sites for hydroxylation is 2. The number of carbonyl (C=O) groups is 1. The first-order valence-corrected chi connectivity index (χ1v) is 7.90. The predicted molar refractivity (Wildman–Crippen MR) is 89.0 cm³/mol. The molecule has 1 heterocycles. The van der Waals surface area contributed by atoms with E-state index < -0.39 is 0 Å². The summed E-state index contributed by atoms with van der Waals surface area (Å²) in [5.41, 5.74) is 2.54. The van der Waals surface area contributed by atoms with Crippen molar-refractivity contribution in [2.75, 3.05) is 11.9 Å². The van der Waals surface area contributed by atoms with Gasteiger partial charge in [0.05, 0.1) is 12.2 Å². The van der Waals surface area contributed by atoms with Crippen molar-refractivity contribution in [1.29, 1.82) is 0 Å². The molecule has 0 spiro atoms. The van der Waals surface area contributed by atoms with Gasteiger partial charge in [0.15, 0.2) is 0 Å². The van der Waals surface area contributed by atoms with Crippen LogP contribution in [0.5, 0.6) is 0 Å². The standard InChI is InChI=1S/C16H17ClN4O2/c17-12-4-2-5-13(10-12)19-16(23)18-7-8-21-15(22)9-11-3-1-6-14(11)20-21/h2,4-5,9-10H,1,3,6-8H2,(H2,18,19,23). The van der Waals surface area contributed by atoms with Crippen molar-refractivity contribution in [3.63, 3.8) is 0 Å². The molecule has 120 valence electrons. The highest BCUT2D eigenvalue weighted by atomic mass is 35.5. The van der Waals surface area contributed by atoms with Gasteiger partial charge in [0, 0.05) is 23.3 Å². The van der Waals surface area contributed by atoms with Gasteiger partial charge in [-0.25, -0.2) is 9.48 Å². The number of nitrogens with one attached hydrogen (secondary N) is 2. The third kappa shape index (κ3) is 3.90. The number of fused-ring (bicyclic) bond motifs is 1. The molecule has 0 saturated carbocycles. The van der Waals surface area contributed by atoms with Crippen molar-refractivity contribution in [2.45, 2.75) is 25.8 Å². The molecule has 3 rings (SSSR count). The first kappa shape index (κ1) is 15.6. The fourth-order valence-corrected chi connectivity index (χ4v) is 2.81. The van der Waals surface area contributed by atoms with Gasteiger partial charge in [-0.15, -0.1) is 0 Å². The molecule has 1 aliphatic rings. The van der Waals surface area contributed by atoms with Gasteiger partial charge in [-0.1, -0.05) is 17.7 Å².